The number of benzene rings is 2. The monoisotopic (exact) mass is 545 g/mol. The number of nitrogens with one attached hydrogen (secondary N) is 2. The lowest BCUT2D eigenvalue weighted by molar-refractivity contribution is -0.116. The summed E-state index contributed by atoms with van der Waals surface area (Å²) >= 11 is 12.1. The number of thiocarbonyl (C=S) groups is 1. The van der Waals surface area contributed by atoms with Crippen LogP contribution in [0.3, 0.4) is 0 Å². The van der Waals surface area contributed by atoms with E-state index >= 15 is 0 Å². The van der Waals surface area contributed by atoms with Gasteiger partial charge in [-0.3, -0.25) is 9.78 Å². The number of phenols is 1. The lowest BCUT2D eigenvalue weighted by Gasteiger charge is -2.28. The van der Waals surface area contributed by atoms with Gasteiger partial charge in [0.05, 0.1) is 23.5 Å². The van der Waals surface area contributed by atoms with E-state index < -0.39 is 0 Å². The number of hydrogen-bond acceptors (Lipinski definition) is 4. The van der Waals surface area contributed by atoms with Crippen molar-refractivity contribution in [3.05, 3.63) is 107 Å². The van der Waals surface area contributed by atoms with Crippen molar-refractivity contribution in [3.63, 3.8) is 0 Å². The quantitative estimate of drug-likeness (QED) is 0.253. The van der Waals surface area contributed by atoms with Crippen LogP contribution in [0, 0.1) is 13.8 Å². The summed E-state index contributed by atoms with van der Waals surface area (Å²) in [6.07, 6.45) is 2.02. The van der Waals surface area contributed by atoms with E-state index in [9.17, 15) is 9.90 Å². The zero-order chi connectivity index (χ0) is 26.8. The summed E-state index contributed by atoms with van der Waals surface area (Å²) in [5, 5.41) is 18.1. The van der Waals surface area contributed by atoms with Gasteiger partial charge in [0.2, 0.25) is 5.91 Å². The van der Waals surface area contributed by atoms with Crippen LogP contribution in [0.4, 0.5) is 5.69 Å². The lowest BCUT2D eigenvalue weighted by atomic mass is 9.96. The molecule has 2 aromatic heterocycles. The highest BCUT2D eigenvalue weighted by Gasteiger charge is 2.41. The molecule has 0 aliphatic carbocycles. The van der Waals surface area contributed by atoms with Gasteiger partial charge in [0.15, 0.2) is 5.11 Å². The Labute approximate surface area is 232 Å². The van der Waals surface area contributed by atoms with E-state index in [-0.39, 0.29) is 30.2 Å². The van der Waals surface area contributed by atoms with Crippen molar-refractivity contribution in [2.75, 3.05) is 11.9 Å². The van der Waals surface area contributed by atoms with Crippen LogP contribution in [0.2, 0.25) is 5.02 Å². The number of aromatic hydroxyl groups is 1. The van der Waals surface area contributed by atoms with Gasteiger partial charge in [0.25, 0.3) is 0 Å². The van der Waals surface area contributed by atoms with Gasteiger partial charge in [-0.05, 0) is 80.2 Å². The molecule has 0 saturated carbocycles. The summed E-state index contributed by atoms with van der Waals surface area (Å²) in [6, 6.07) is 21.9. The smallest absolute Gasteiger partial charge is 0.226 e. The molecular formula is C29H28ClN5O2S. The normalized spacial score (nSPS) is 16.9. The second-order valence-corrected chi connectivity index (χ2v) is 10.1. The molecule has 0 bridgehead atoms. The van der Waals surface area contributed by atoms with Crippen LogP contribution in [0.15, 0.2) is 79.0 Å². The second-order valence-electron chi connectivity index (χ2n) is 9.28. The van der Waals surface area contributed by atoms with Crippen molar-refractivity contribution in [3.8, 4) is 11.4 Å². The standard InChI is InChI=1S/C29H28ClN5O2S/c1-18-16-22(19(2)35(18)24-17-20(30)11-12-25(24)36)28-27(23-10-6-7-14-31-23)33-29(38)34(28)15-13-26(37)32-21-8-4-3-5-9-21/h3-12,14,16-17,27-28,36H,13,15H2,1-2H3,(H,32,37)(H,33,38)/t27-,28-/m0/s1. The van der Waals surface area contributed by atoms with E-state index in [4.69, 9.17) is 23.8 Å². The number of rotatable bonds is 7. The Balaban J connectivity index is 1.50. The van der Waals surface area contributed by atoms with Crippen LogP contribution < -0.4 is 10.6 Å². The van der Waals surface area contributed by atoms with Crippen molar-refractivity contribution in [1.82, 2.24) is 19.8 Å². The summed E-state index contributed by atoms with van der Waals surface area (Å²) in [7, 11) is 0. The summed E-state index contributed by atoms with van der Waals surface area (Å²) in [4.78, 5) is 19.5. The maximum Gasteiger partial charge on any atom is 0.226 e. The van der Waals surface area contributed by atoms with Gasteiger partial charge in [-0.1, -0.05) is 35.9 Å². The Bertz CT molecular complexity index is 1480. The van der Waals surface area contributed by atoms with Gasteiger partial charge in [-0.15, -0.1) is 0 Å². The van der Waals surface area contributed by atoms with Crippen LogP contribution in [0.1, 0.15) is 41.1 Å². The van der Waals surface area contributed by atoms with Crippen molar-refractivity contribution < 1.29 is 9.90 Å². The summed E-state index contributed by atoms with van der Waals surface area (Å²) in [6.45, 7) is 4.43. The second kappa shape index (κ2) is 10.8. The number of phenolic OH excluding ortho intramolecular Hbond substituents is 1. The number of aryl methyl sites for hydroxylation is 1. The zero-order valence-electron chi connectivity index (χ0n) is 21.1. The highest BCUT2D eigenvalue weighted by atomic mass is 35.5. The molecule has 3 heterocycles. The van der Waals surface area contributed by atoms with Crippen LogP contribution in [0.25, 0.3) is 5.69 Å². The maximum absolute atomic E-state index is 12.8. The number of amides is 1. The highest BCUT2D eigenvalue weighted by Crippen LogP contribution is 2.42. The Morgan fingerprint density at radius 2 is 1.87 bits per heavy atom. The maximum atomic E-state index is 12.8. The Hall–Kier alpha value is -3.88. The Morgan fingerprint density at radius 3 is 2.61 bits per heavy atom. The lowest BCUT2D eigenvalue weighted by Crippen LogP contribution is -2.32. The van der Waals surface area contributed by atoms with Crippen LogP contribution in [0.5, 0.6) is 5.75 Å². The van der Waals surface area contributed by atoms with Crippen molar-refractivity contribution in [1.29, 1.82) is 0 Å². The number of anilines is 1. The zero-order valence-corrected chi connectivity index (χ0v) is 22.6. The van der Waals surface area contributed by atoms with Gasteiger partial charge in [0.1, 0.15) is 5.75 Å². The van der Waals surface area contributed by atoms with Gasteiger partial charge < -0.3 is 25.2 Å². The molecule has 1 saturated heterocycles. The topological polar surface area (TPSA) is 82.4 Å². The fourth-order valence-electron chi connectivity index (χ4n) is 5.09. The molecule has 1 amide bonds. The van der Waals surface area contributed by atoms with E-state index in [1.54, 1.807) is 24.4 Å². The Kier molecular flexibility index (Phi) is 7.35. The molecule has 1 fully saturated rings. The minimum atomic E-state index is -0.220. The Morgan fingerprint density at radius 1 is 1.11 bits per heavy atom. The molecule has 2 aromatic carbocycles. The van der Waals surface area contributed by atoms with Crippen LogP contribution in [-0.4, -0.2) is 37.1 Å². The molecule has 38 heavy (non-hydrogen) atoms. The number of carbonyl (C=O) groups is 1. The number of carbonyl (C=O) groups excluding carboxylic acids is 1. The van der Waals surface area contributed by atoms with E-state index in [0.717, 1.165) is 28.3 Å². The molecule has 2 atom stereocenters. The van der Waals surface area contributed by atoms with E-state index in [0.29, 0.717) is 22.4 Å². The predicted molar refractivity (Wildman–Crippen MR) is 154 cm³/mol. The van der Waals surface area contributed by atoms with Crippen molar-refractivity contribution >= 4 is 40.5 Å². The van der Waals surface area contributed by atoms with E-state index in [1.165, 1.54) is 0 Å². The van der Waals surface area contributed by atoms with Crippen molar-refractivity contribution in [2.24, 2.45) is 0 Å². The molecular weight excluding hydrogens is 518 g/mol. The minimum Gasteiger partial charge on any atom is -0.506 e. The van der Waals surface area contributed by atoms with Gasteiger partial charge >= 0.3 is 0 Å². The summed E-state index contributed by atoms with van der Waals surface area (Å²) in [5.41, 5.74) is 5.12. The van der Waals surface area contributed by atoms with Gasteiger partial charge in [-0.25, -0.2) is 0 Å². The molecule has 7 nitrogen and oxygen atoms in total. The average Bonchev–Trinajstić information content (AvgIpc) is 3.39. The highest BCUT2D eigenvalue weighted by molar-refractivity contribution is 7.80. The summed E-state index contributed by atoms with van der Waals surface area (Å²) < 4.78 is 1.99. The molecule has 1 aliphatic heterocycles. The number of nitrogens with zero attached hydrogens (tertiary/aromatic N) is 3. The average molecular weight is 546 g/mol. The van der Waals surface area contributed by atoms with Crippen molar-refractivity contribution in [2.45, 2.75) is 32.4 Å². The molecule has 1 aliphatic rings. The number of halogens is 1. The fourth-order valence-corrected chi connectivity index (χ4v) is 5.58. The first kappa shape index (κ1) is 25.8. The molecule has 9 heteroatoms. The van der Waals surface area contributed by atoms with E-state index in [1.807, 2.05) is 66.9 Å². The molecule has 194 valence electrons. The molecule has 0 radical (unpaired) electrons. The first-order valence-corrected chi connectivity index (χ1v) is 13.1. The largest absolute Gasteiger partial charge is 0.506 e. The molecule has 0 unspecified atom stereocenters. The van der Waals surface area contributed by atoms with Crippen LogP contribution >= 0.6 is 23.8 Å². The third-order valence-electron chi connectivity index (χ3n) is 6.80. The summed E-state index contributed by atoms with van der Waals surface area (Å²) in [5.74, 6) is 0.0480. The third-order valence-corrected chi connectivity index (χ3v) is 7.39. The number of aromatic nitrogens is 2. The van der Waals surface area contributed by atoms with Gasteiger partial charge in [0, 0.05) is 41.3 Å². The molecule has 4 aromatic rings. The minimum absolute atomic E-state index is 0.0895. The number of para-hydroxylation sites is 1. The van der Waals surface area contributed by atoms with Crippen LogP contribution in [-0.2, 0) is 4.79 Å². The first-order chi connectivity index (χ1) is 18.3. The molecule has 5 rings (SSSR count). The predicted octanol–water partition coefficient (Wildman–Crippen LogP) is 5.85. The number of hydrogen-bond donors (Lipinski definition) is 3. The molecule has 3 N–H and O–H groups in total. The first-order valence-electron chi connectivity index (χ1n) is 12.3. The number of pyridine rings is 1. The SMILES string of the molecule is Cc1cc([C@H]2[C@H](c3ccccn3)NC(=S)N2CCC(=O)Nc2ccccc2)c(C)n1-c1cc(Cl)ccc1O. The molecule has 0 spiro atoms. The fraction of sp³-hybridized carbons (Fsp3) is 0.207. The van der Waals surface area contributed by atoms with Gasteiger partial charge in [-0.2, -0.15) is 0 Å². The third kappa shape index (κ3) is 5.10. The van der Waals surface area contributed by atoms with E-state index in [2.05, 4.69) is 26.6 Å².